The van der Waals surface area contributed by atoms with E-state index in [1.165, 1.54) is 12.7 Å². The average Bonchev–Trinajstić information content (AvgIpc) is 3.38. The SMILES string of the molecule is CCCCCOC1C(O)[C@@H](CO)O[C@H]1n1cnc2c(NC(=O)c3ccccc3)ncnc21. The summed E-state index contributed by atoms with van der Waals surface area (Å²) in [5.41, 5.74) is 1.29. The van der Waals surface area contributed by atoms with E-state index in [0.717, 1.165) is 19.3 Å². The first kappa shape index (κ1) is 22.3. The number of ether oxygens (including phenoxy) is 2. The summed E-state index contributed by atoms with van der Waals surface area (Å²) in [6, 6.07) is 8.79. The van der Waals surface area contributed by atoms with E-state index in [1.54, 1.807) is 28.8 Å². The van der Waals surface area contributed by atoms with Crippen molar-refractivity contribution in [1.29, 1.82) is 0 Å². The molecule has 32 heavy (non-hydrogen) atoms. The molecule has 2 unspecified atom stereocenters. The number of benzene rings is 1. The van der Waals surface area contributed by atoms with Crippen LogP contribution in [0.4, 0.5) is 5.82 Å². The van der Waals surface area contributed by atoms with Crippen LogP contribution in [0.25, 0.3) is 11.2 Å². The maximum Gasteiger partial charge on any atom is 0.256 e. The maximum absolute atomic E-state index is 12.6. The zero-order valence-corrected chi connectivity index (χ0v) is 17.8. The van der Waals surface area contributed by atoms with Gasteiger partial charge in [-0.3, -0.25) is 9.36 Å². The molecule has 170 valence electrons. The molecule has 2 aromatic heterocycles. The molecule has 3 N–H and O–H groups in total. The molecule has 0 aliphatic carbocycles. The van der Waals surface area contributed by atoms with Crippen molar-refractivity contribution < 1.29 is 24.5 Å². The fourth-order valence-corrected chi connectivity index (χ4v) is 3.74. The number of aliphatic hydroxyl groups excluding tert-OH is 2. The van der Waals surface area contributed by atoms with Crippen LogP contribution < -0.4 is 5.32 Å². The largest absolute Gasteiger partial charge is 0.394 e. The summed E-state index contributed by atoms with van der Waals surface area (Å²) in [6.45, 7) is 2.23. The minimum absolute atomic E-state index is 0.264. The van der Waals surface area contributed by atoms with Gasteiger partial charge in [0.25, 0.3) is 5.91 Å². The Morgan fingerprint density at radius 1 is 1.22 bits per heavy atom. The molecule has 0 saturated carbocycles. The molecule has 1 aromatic carbocycles. The van der Waals surface area contributed by atoms with Crippen molar-refractivity contribution >= 4 is 22.9 Å². The summed E-state index contributed by atoms with van der Waals surface area (Å²) in [5.74, 6) is -0.0505. The number of fused-ring (bicyclic) bond motifs is 1. The first-order chi connectivity index (χ1) is 15.6. The minimum atomic E-state index is -0.997. The monoisotopic (exact) mass is 441 g/mol. The Balaban J connectivity index is 1.59. The Labute approximate surface area is 185 Å². The third-order valence-electron chi connectivity index (χ3n) is 5.45. The fourth-order valence-electron chi connectivity index (χ4n) is 3.74. The smallest absolute Gasteiger partial charge is 0.256 e. The number of hydrogen-bond acceptors (Lipinski definition) is 8. The van der Waals surface area contributed by atoms with Crippen LogP contribution in [0.5, 0.6) is 0 Å². The molecule has 4 rings (SSSR count). The summed E-state index contributed by atoms with van der Waals surface area (Å²) >= 11 is 0. The zero-order chi connectivity index (χ0) is 22.5. The van der Waals surface area contributed by atoms with E-state index in [1.807, 2.05) is 6.07 Å². The predicted octanol–water partition coefficient (Wildman–Crippen LogP) is 1.90. The van der Waals surface area contributed by atoms with Gasteiger partial charge in [0.05, 0.1) is 12.9 Å². The summed E-state index contributed by atoms with van der Waals surface area (Å²) in [6.07, 6.45) is 2.55. The number of imidazole rings is 1. The number of nitrogens with zero attached hydrogens (tertiary/aromatic N) is 4. The lowest BCUT2D eigenvalue weighted by molar-refractivity contribution is -0.0710. The third-order valence-corrected chi connectivity index (χ3v) is 5.45. The lowest BCUT2D eigenvalue weighted by atomic mass is 10.1. The van der Waals surface area contributed by atoms with Gasteiger partial charge in [-0.15, -0.1) is 0 Å². The zero-order valence-electron chi connectivity index (χ0n) is 17.8. The number of hydrogen-bond donors (Lipinski definition) is 3. The number of unbranched alkanes of at least 4 members (excludes halogenated alkanes) is 2. The van der Waals surface area contributed by atoms with Crippen molar-refractivity contribution in [2.45, 2.75) is 50.7 Å². The highest BCUT2D eigenvalue weighted by molar-refractivity contribution is 6.06. The summed E-state index contributed by atoms with van der Waals surface area (Å²) in [7, 11) is 0. The van der Waals surface area contributed by atoms with Crippen LogP contribution >= 0.6 is 0 Å². The Kier molecular flexibility index (Phi) is 7.05. The molecule has 1 saturated heterocycles. The van der Waals surface area contributed by atoms with Crippen LogP contribution in [-0.4, -0.2) is 67.2 Å². The Morgan fingerprint density at radius 3 is 2.78 bits per heavy atom. The van der Waals surface area contributed by atoms with Crippen molar-refractivity contribution in [2.24, 2.45) is 0 Å². The van der Waals surface area contributed by atoms with Crippen molar-refractivity contribution in [2.75, 3.05) is 18.5 Å². The lowest BCUT2D eigenvalue weighted by Crippen LogP contribution is -2.35. The van der Waals surface area contributed by atoms with Gasteiger partial charge in [-0.1, -0.05) is 38.0 Å². The van der Waals surface area contributed by atoms with Crippen LogP contribution in [0.1, 0.15) is 42.8 Å². The number of amides is 1. The Morgan fingerprint density at radius 2 is 2.03 bits per heavy atom. The number of rotatable bonds is 9. The molecule has 3 heterocycles. The normalized spacial score (nSPS) is 23.0. The van der Waals surface area contributed by atoms with Crippen molar-refractivity contribution in [3.8, 4) is 0 Å². The van der Waals surface area contributed by atoms with E-state index >= 15 is 0 Å². The molecule has 0 radical (unpaired) electrons. The second-order valence-corrected chi connectivity index (χ2v) is 7.65. The molecule has 1 aliphatic heterocycles. The van der Waals surface area contributed by atoms with E-state index < -0.39 is 24.5 Å². The van der Waals surface area contributed by atoms with E-state index in [2.05, 4.69) is 27.2 Å². The van der Waals surface area contributed by atoms with Crippen molar-refractivity contribution in [3.63, 3.8) is 0 Å². The summed E-state index contributed by atoms with van der Waals surface area (Å²) < 4.78 is 13.5. The number of anilines is 1. The first-order valence-corrected chi connectivity index (χ1v) is 10.7. The molecule has 4 atom stereocenters. The van der Waals surface area contributed by atoms with Gasteiger partial charge in [-0.05, 0) is 18.6 Å². The highest BCUT2D eigenvalue weighted by Gasteiger charge is 2.45. The van der Waals surface area contributed by atoms with Crippen LogP contribution in [0.15, 0.2) is 43.0 Å². The van der Waals surface area contributed by atoms with E-state index in [-0.39, 0.29) is 18.3 Å². The molecule has 10 heteroatoms. The molecular formula is C22H27N5O5. The summed E-state index contributed by atoms with van der Waals surface area (Å²) in [5, 5.41) is 23.0. The lowest BCUT2D eigenvalue weighted by Gasteiger charge is -2.22. The Bertz CT molecular complexity index is 1040. The van der Waals surface area contributed by atoms with Gasteiger partial charge in [-0.25, -0.2) is 15.0 Å². The highest BCUT2D eigenvalue weighted by atomic mass is 16.6. The Hall–Kier alpha value is -2.92. The standard InChI is InChI=1S/C22H27N5O5/c1-2-3-7-10-31-18-17(29)15(11-28)32-22(18)27-13-25-16-19(23-12-24-20(16)27)26-21(30)14-8-5-4-6-9-14/h4-6,8-9,12-13,15,17-18,22,28-29H,2-3,7,10-11H2,1H3,(H,23,24,26,30)/t15-,17?,18?,22-/m1/s1. The molecule has 0 bridgehead atoms. The number of carbonyl (C=O) groups is 1. The van der Waals surface area contributed by atoms with E-state index in [9.17, 15) is 15.0 Å². The van der Waals surface area contributed by atoms with Gasteiger partial charge in [-0.2, -0.15) is 0 Å². The number of aromatic nitrogens is 4. The van der Waals surface area contributed by atoms with Gasteiger partial charge in [0.1, 0.15) is 24.6 Å². The van der Waals surface area contributed by atoms with Crippen LogP contribution in [-0.2, 0) is 9.47 Å². The predicted molar refractivity (Wildman–Crippen MR) is 116 cm³/mol. The van der Waals surface area contributed by atoms with E-state index in [0.29, 0.717) is 23.3 Å². The molecule has 3 aromatic rings. The molecule has 1 aliphatic rings. The van der Waals surface area contributed by atoms with Gasteiger partial charge >= 0.3 is 0 Å². The first-order valence-electron chi connectivity index (χ1n) is 10.7. The third kappa shape index (κ3) is 4.49. The van der Waals surface area contributed by atoms with Crippen LogP contribution in [0.2, 0.25) is 0 Å². The van der Waals surface area contributed by atoms with Crippen LogP contribution in [0, 0.1) is 0 Å². The van der Waals surface area contributed by atoms with Gasteiger partial charge in [0, 0.05) is 12.2 Å². The number of nitrogens with one attached hydrogen (secondary N) is 1. The number of carbonyl (C=O) groups excluding carboxylic acids is 1. The fraction of sp³-hybridized carbons (Fsp3) is 0.455. The quantitative estimate of drug-likeness (QED) is 0.429. The van der Waals surface area contributed by atoms with Crippen molar-refractivity contribution in [3.05, 3.63) is 48.5 Å². The van der Waals surface area contributed by atoms with Gasteiger partial charge in [0.15, 0.2) is 23.2 Å². The molecule has 1 amide bonds. The maximum atomic E-state index is 12.6. The van der Waals surface area contributed by atoms with Gasteiger partial charge in [0.2, 0.25) is 0 Å². The second-order valence-electron chi connectivity index (χ2n) is 7.65. The topological polar surface area (TPSA) is 132 Å². The molecular weight excluding hydrogens is 414 g/mol. The molecule has 1 fully saturated rings. The second kappa shape index (κ2) is 10.1. The number of aliphatic hydroxyl groups is 2. The molecule has 10 nitrogen and oxygen atoms in total. The average molecular weight is 441 g/mol. The minimum Gasteiger partial charge on any atom is -0.394 e. The van der Waals surface area contributed by atoms with Crippen molar-refractivity contribution in [1.82, 2.24) is 19.5 Å². The van der Waals surface area contributed by atoms with Crippen LogP contribution in [0.3, 0.4) is 0 Å². The molecule has 0 spiro atoms. The van der Waals surface area contributed by atoms with Gasteiger partial charge < -0.3 is 25.0 Å². The summed E-state index contributed by atoms with van der Waals surface area (Å²) in [4.78, 5) is 25.4. The highest BCUT2D eigenvalue weighted by Crippen LogP contribution is 2.34. The van der Waals surface area contributed by atoms with E-state index in [4.69, 9.17) is 9.47 Å².